The molecule has 0 radical (unpaired) electrons. The van der Waals surface area contributed by atoms with E-state index < -0.39 is 0 Å². The molecule has 1 heterocycles. The highest BCUT2D eigenvalue weighted by atomic mass is 32.1. The fraction of sp³-hybridized carbons (Fsp3) is 0.500. The zero-order chi connectivity index (χ0) is 10.6. The van der Waals surface area contributed by atoms with Gasteiger partial charge in [0.1, 0.15) is 0 Å². The van der Waals surface area contributed by atoms with E-state index in [1.807, 2.05) is 12.3 Å². The lowest BCUT2D eigenvalue weighted by Gasteiger charge is -2.15. The SMILES string of the molecule is C=C(C)CN(C)CCc1csc(N)n1. The largest absolute Gasteiger partial charge is 0.375 e. The van der Waals surface area contributed by atoms with Crippen molar-refractivity contribution in [3.8, 4) is 0 Å². The van der Waals surface area contributed by atoms with E-state index in [0.717, 1.165) is 25.2 Å². The summed E-state index contributed by atoms with van der Waals surface area (Å²) < 4.78 is 0. The van der Waals surface area contributed by atoms with E-state index in [-0.39, 0.29) is 0 Å². The van der Waals surface area contributed by atoms with Crippen LogP contribution in [0.1, 0.15) is 12.6 Å². The summed E-state index contributed by atoms with van der Waals surface area (Å²) in [4.78, 5) is 6.44. The number of nitrogens with zero attached hydrogens (tertiary/aromatic N) is 2. The number of likely N-dealkylation sites (N-methyl/N-ethyl adjacent to an activating group) is 1. The quantitative estimate of drug-likeness (QED) is 0.755. The number of nitrogens with two attached hydrogens (primary N) is 1. The standard InChI is InChI=1S/C10H17N3S/c1-8(2)6-13(3)5-4-9-7-14-10(11)12-9/h7H,1,4-6H2,2-3H3,(H2,11,12). The Morgan fingerprint density at radius 2 is 2.43 bits per heavy atom. The van der Waals surface area contributed by atoms with Crippen LogP contribution in [0.25, 0.3) is 0 Å². The summed E-state index contributed by atoms with van der Waals surface area (Å²) in [6.07, 6.45) is 0.956. The van der Waals surface area contributed by atoms with Crippen LogP contribution in [0.15, 0.2) is 17.5 Å². The van der Waals surface area contributed by atoms with Gasteiger partial charge in [-0.25, -0.2) is 4.98 Å². The summed E-state index contributed by atoms with van der Waals surface area (Å²) in [6.45, 7) is 7.86. The van der Waals surface area contributed by atoms with Crippen LogP contribution >= 0.6 is 11.3 Å². The first-order valence-corrected chi connectivity index (χ1v) is 5.48. The van der Waals surface area contributed by atoms with Crippen molar-refractivity contribution in [2.75, 3.05) is 25.9 Å². The molecule has 0 saturated carbocycles. The van der Waals surface area contributed by atoms with Gasteiger partial charge in [-0.15, -0.1) is 11.3 Å². The Kier molecular flexibility index (Phi) is 4.10. The highest BCUT2D eigenvalue weighted by molar-refractivity contribution is 7.13. The molecule has 0 spiro atoms. The molecule has 0 amide bonds. The van der Waals surface area contributed by atoms with Crippen molar-refractivity contribution in [1.82, 2.24) is 9.88 Å². The van der Waals surface area contributed by atoms with Gasteiger partial charge < -0.3 is 10.6 Å². The third-order valence-electron chi connectivity index (χ3n) is 1.86. The molecule has 14 heavy (non-hydrogen) atoms. The number of nitrogen functional groups attached to an aromatic ring is 1. The van der Waals surface area contributed by atoms with Crippen LogP contribution < -0.4 is 5.73 Å². The molecule has 0 aliphatic carbocycles. The molecule has 0 aromatic carbocycles. The zero-order valence-corrected chi connectivity index (χ0v) is 9.60. The molecule has 4 heteroatoms. The van der Waals surface area contributed by atoms with Crippen molar-refractivity contribution in [2.45, 2.75) is 13.3 Å². The zero-order valence-electron chi connectivity index (χ0n) is 8.79. The first-order valence-electron chi connectivity index (χ1n) is 4.60. The fourth-order valence-electron chi connectivity index (χ4n) is 1.28. The van der Waals surface area contributed by atoms with E-state index in [4.69, 9.17) is 5.73 Å². The molecule has 0 bridgehead atoms. The van der Waals surface area contributed by atoms with Gasteiger partial charge in [-0.1, -0.05) is 12.2 Å². The van der Waals surface area contributed by atoms with Crippen LogP contribution in [-0.2, 0) is 6.42 Å². The predicted octanol–water partition coefficient (Wildman–Crippen LogP) is 1.78. The van der Waals surface area contributed by atoms with E-state index in [1.165, 1.54) is 16.9 Å². The lowest BCUT2D eigenvalue weighted by molar-refractivity contribution is 0.366. The molecule has 2 N–H and O–H groups in total. The molecule has 1 rings (SSSR count). The lowest BCUT2D eigenvalue weighted by Crippen LogP contribution is -2.22. The van der Waals surface area contributed by atoms with Crippen LogP contribution in [0.4, 0.5) is 5.13 Å². The summed E-state index contributed by atoms with van der Waals surface area (Å²) in [5, 5.41) is 2.67. The summed E-state index contributed by atoms with van der Waals surface area (Å²) in [5.41, 5.74) is 7.82. The van der Waals surface area contributed by atoms with Gasteiger partial charge in [-0.05, 0) is 14.0 Å². The highest BCUT2D eigenvalue weighted by Crippen LogP contribution is 2.11. The highest BCUT2D eigenvalue weighted by Gasteiger charge is 2.02. The molecule has 3 nitrogen and oxygen atoms in total. The maximum absolute atomic E-state index is 5.55. The third kappa shape index (κ3) is 3.89. The summed E-state index contributed by atoms with van der Waals surface area (Å²) >= 11 is 1.50. The molecule has 1 aromatic rings. The van der Waals surface area contributed by atoms with E-state index in [9.17, 15) is 0 Å². The van der Waals surface area contributed by atoms with Crippen molar-refractivity contribution >= 4 is 16.5 Å². The number of hydrogen-bond donors (Lipinski definition) is 1. The Hall–Kier alpha value is -0.870. The Balaban J connectivity index is 2.30. The molecule has 0 saturated heterocycles. The smallest absolute Gasteiger partial charge is 0.180 e. The van der Waals surface area contributed by atoms with Crippen molar-refractivity contribution in [1.29, 1.82) is 0 Å². The van der Waals surface area contributed by atoms with Crippen molar-refractivity contribution in [3.63, 3.8) is 0 Å². The van der Waals surface area contributed by atoms with Gasteiger partial charge in [-0.2, -0.15) is 0 Å². The topological polar surface area (TPSA) is 42.1 Å². The van der Waals surface area contributed by atoms with Crippen molar-refractivity contribution < 1.29 is 0 Å². The number of anilines is 1. The monoisotopic (exact) mass is 211 g/mol. The van der Waals surface area contributed by atoms with Gasteiger partial charge in [0, 0.05) is 24.9 Å². The van der Waals surface area contributed by atoms with Crippen LogP contribution in [0.5, 0.6) is 0 Å². The summed E-state index contributed by atoms with van der Waals surface area (Å²) in [6, 6.07) is 0. The maximum atomic E-state index is 5.55. The van der Waals surface area contributed by atoms with E-state index in [1.54, 1.807) is 0 Å². The van der Waals surface area contributed by atoms with Gasteiger partial charge in [0.05, 0.1) is 5.69 Å². The first kappa shape index (κ1) is 11.2. The van der Waals surface area contributed by atoms with Gasteiger partial charge in [0.2, 0.25) is 0 Å². The average Bonchev–Trinajstić information content (AvgIpc) is 2.47. The maximum Gasteiger partial charge on any atom is 0.180 e. The molecule has 1 aromatic heterocycles. The Morgan fingerprint density at radius 1 is 1.71 bits per heavy atom. The molecule has 0 fully saturated rings. The minimum Gasteiger partial charge on any atom is -0.375 e. The minimum atomic E-state index is 0.655. The van der Waals surface area contributed by atoms with E-state index >= 15 is 0 Å². The number of aromatic nitrogens is 1. The van der Waals surface area contributed by atoms with Crippen LogP contribution in [0.3, 0.4) is 0 Å². The van der Waals surface area contributed by atoms with Gasteiger partial charge >= 0.3 is 0 Å². The van der Waals surface area contributed by atoms with Crippen LogP contribution in [0.2, 0.25) is 0 Å². The number of rotatable bonds is 5. The minimum absolute atomic E-state index is 0.655. The Labute approximate surface area is 89.3 Å². The Bertz CT molecular complexity index is 306. The van der Waals surface area contributed by atoms with Crippen LogP contribution in [-0.4, -0.2) is 30.0 Å². The van der Waals surface area contributed by atoms with Gasteiger partial charge in [0.25, 0.3) is 0 Å². The van der Waals surface area contributed by atoms with Crippen molar-refractivity contribution in [3.05, 3.63) is 23.2 Å². The lowest BCUT2D eigenvalue weighted by atomic mass is 10.3. The Morgan fingerprint density at radius 3 is 2.93 bits per heavy atom. The fourth-order valence-corrected chi connectivity index (χ4v) is 1.88. The molecule has 0 aliphatic rings. The number of thiazole rings is 1. The third-order valence-corrected chi connectivity index (χ3v) is 2.58. The van der Waals surface area contributed by atoms with Gasteiger partial charge in [0.15, 0.2) is 5.13 Å². The molecule has 0 atom stereocenters. The average molecular weight is 211 g/mol. The normalized spacial score (nSPS) is 10.8. The van der Waals surface area contributed by atoms with Gasteiger partial charge in [-0.3, -0.25) is 0 Å². The number of hydrogen-bond acceptors (Lipinski definition) is 4. The van der Waals surface area contributed by atoms with E-state index in [2.05, 4.69) is 23.5 Å². The second kappa shape index (κ2) is 5.12. The second-order valence-electron chi connectivity index (χ2n) is 3.62. The van der Waals surface area contributed by atoms with Crippen LogP contribution in [0, 0.1) is 0 Å². The predicted molar refractivity (Wildman–Crippen MR) is 62.5 cm³/mol. The molecule has 0 aliphatic heterocycles. The van der Waals surface area contributed by atoms with E-state index in [0.29, 0.717) is 5.13 Å². The second-order valence-corrected chi connectivity index (χ2v) is 4.51. The summed E-state index contributed by atoms with van der Waals surface area (Å²) in [5.74, 6) is 0. The molecule has 0 unspecified atom stereocenters. The summed E-state index contributed by atoms with van der Waals surface area (Å²) in [7, 11) is 2.09. The molecular formula is C10H17N3S. The first-order chi connectivity index (χ1) is 6.58. The molecular weight excluding hydrogens is 194 g/mol. The van der Waals surface area contributed by atoms with Crippen molar-refractivity contribution in [2.24, 2.45) is 0 Å². The molecule has 78 valence electrons.